The number of aromatic nitrogens is 1. The molecule has 1 amide bonds. The molecule has 0 bridgehead atoms. The number of rotatable bonds is 4. The summed E-state index contributed by atoms with van der Waals surface area (Å²) < 4.78 is 43.2. The van der Waals surface area contributed by atoms with Crippen LogP contribution in [-0.2, 0) is 15.7 Å². The summed E-state index contributed by atoms with van der Waals surface area (Å²) in [6.45, 7) is 0. The van der Waals surface area contributed by atoms with E-state index in [4.69, 9.17) is 0 Å². The minimum absolute atomic E-state index is 0.104. The van der Waals surface area contributed by atoms with E-state index in [1.54, 1.807) is 0 Å². The standard InChI is InChI=1S/C15H18F3N3O3/c1-19-13(22)8-4-3-5-10(8)20-12-9(14(23)24-2)6-7-11(21-12)15(16,17)18/h6-8,10H,3-5H2,1-2H3,(H,19,22)(H,20,21)/t8-,10-/m0/s1. The summed E-state index contributed by atoms with van der Waals surface area (Å²) in [4.78, 5) is 27.2. The number of ether oxygens (including phenoxy) is 1. The number of pyridine rings is 1. The van der Waals surface area contributed by atoms with Crippen LogP contribution in [-0.4, -0.2) is 37.1 Å². The molecule has 0 aliphatic heterocycles. The number of esters is 1. The monoisotopic (exact) mass is 345 g/mol. The summed E-state index contributed by atoms with van der Waals surface area (Å²) >= 11 is 0. The Labute approximate surface area is 136 Å². The number of nitrogens with one attached hydrogen (secondary N) is 2. The molecule has 2 rings (SSSR count). The van der Waals surface area contributed by atoms with E-state index in [2.05, 4.69) is 20.4 Å². The van der Waals surface area contributed by atoms with Gasteiger partial charge in [0, 0.05) is 13.1 Å². The van der Waals surface area contributed by atoms with E-state index in [0.29, 0.717) is 12.8 Å². The smallest absolute Gasteiger partial charge is 0.433 e. The zero-order chi connectivity index (χ0) is 17.9. The average molecular weight is 345 g/mol. The Hall–Kier alpha value is -2.32. The zero-order valence-corrected chi connectivity index (χ0v) is 13.2. The highest BCUT2D eigenvalue weighted by Gasteiger charge is 2.36. The third kappa shape index (κ3) is 3.77. The van der Waals surface area contributed by atoms with Gasteiger partial charge in [0.2, 0.25) is 5.91 Å². The van der Waals surface area contributed by atoms with Gasteiger partial charge in [-0.25, -0.2) is 9.78 Å². The van der Waals surface area contributed by atoms with Gasteiger partial charge in [0.05, 0.1) is 13.0 Å². The fourth-order valence-corrected chi connectivity index (χ4v) is 2.81. The number of methoxy groups -OCH3 is 1. The summed E-state index contributed by atoms with van der Waals surface area (Å²) in [5.74, 6) is -1.61. The molecule has 1 heterocycles. The van der Waals surface area contributed by atoms with Crippen LogP contribution in [0.2, 0.25) is 0 Å². The van der Waals surface area contributed by atoms with E-state index in [-0.39, 0.29) is 17.3 Å². The average Bonchev–Trinajstić information content (AvgIpc) is 3.00. The molecule has 1 aliphatic rings. The fourth-order valence-electron chi connectivity index (χ4n) is 2.81. The zero-order valence-electron chi connectivity index (χ0n) is 13.2. The van der Waals surface area contributed by atoms with Gasteiger partial charge in [-0.15, -0.1) is 0 Å². The van der Waals surface area contributed by atoms with Crippen molar-refractivity contribution in [2.75, 3.05) is 19.5 Å². The molecule has 1 aliphatic carbocycles. The van der Waals surface area contributed by atoms with E-state index >= 15 is 0 Å². The van der Waals surface area contributed by atoms with Crippen molar-refractivity contribution in [3.63, 3.8) is 0 Å². The second-order valence-electron chi connectivity index (χ2n) is 5.48. The number of nitrogens with zero attached hydrogens (tertiary/aromatic N) is 1. The van der Waals surface area contributed by atoms with Crippen LogP contribution < -0.4 is 10.6 Å². The van der Waals surface area contributed by atoms with Gasteiger partial charge in [-0.2, -0.15) is 13.2 Å². The largest absolute Gasteiger partial charge is 0.465 e. The molecule has 6 nitrogen and oxygen atoms in total. The molecule has 132 valence electrons. The number of halogens is 3. The fraction of sp³-hybridized carbons (Fsp3) is 0.533. The van der Waals surface area contributed by atoms with Crippen molar-refractivity contribution in [3.8, 4) is 0 Å². The highest BCUT2D eigenvalue weighted by atomic mass is 19.4. The highest BCUT2D eigenvalue weighted by Crippen LogP contribution is 2.32. The Morgan fingerprint density at radius 2 is 2.00 bits per heavy atom. The first-order valence-corrected chi connectivity index (χ1v) is 7.42. The molecule has 1 fully saturated rings. The molecule has 1 aromatic heterocycles. The van der Waals surface area contributed by atoms with Gasteiger partial charge in [0.25, 0.3) is 0 Å². The first-order chi connectivity index (χ1) is 11.3. The van der Waals surface area contributed by atoms with Crippen molar-refractivity contribution in [1.82, 2.24) is 10.3 Å². The predicted octanol–water partition coefficient (Wildman–Crippen LogP) is 2.21. The van der Waals surface area contributed by atoms with E-state index in [0.717, 1.165) is 25.7 Å². The molecule has 9 heteroatoms. The van der Waals surface area contributed by atoms with Crippen LogP contribution in [0.15, 0.2) is 12.1 Å². The SMILES string of the molecule is CNC(=O)[C@H]1CCC[C@@H]1Nc1nc(C(F)(F)F)ccc1C(=O)OC. The van der Waals surface area contributed by atoms with Crippen LogP contribution in [0.3, 0.4) is 0 Å². The molecule has 1 aromatic rings. The minimum Gasteiger partial charge on any atom is -0.465 e. The first-order valence-electron chi connectivity index (χ1n) is 7.42. The Morgan fingerprint density at radius 1 is 1.29 bits per heavy atom. The third-order valence-corrected chi connectivity index (χ3v) is 4.01. The molecule has 0 spiro atoms. The number of anilines is 1. The van der Waals surface area contributed by atoms with Crippen molar-refractivity contribution in [2.24, 2.45) is 5.92 Å². The normalized spacial score (nSPS) is 20.5. The van der Waals surface area contributed by atoms with Crippen LogP contribution in [0.25, 0.3) is 0 Å². The number of hydrogen-bond donors (Lipinski definition) is 2. The Balaban J connectivity index is 2.35. The maximum Gasteiger partial charge on any atom is 0.433 e. The predicted molar refractivity (Wildman–Crippen MR) is 79.4 cm³/mol. The summed E-state index contributed by atoms with van der Waals surface area (Å²) in [6, 6.07) is 1.35. The van der Waals surface area contributed by atoms with Gasteiger partial charge in [-0.1, -0.05) is 6.42 Å². The molecular weight excluding hydrogens is 327 g/mol. The van der Waals surface area contributed by atoms with Gasteiger partial charge in [-0.05, 0) is 25.0 Å². The lowest BCUT2D eigenvalue weighted by molar-refractivity contribution is -0.141. The molecule has 0 saturated heterocycles. The van der Waals surface area contributed by atoms with Crippen molar-refractivity contribution < 1.29 is 27.5 Å². The maximum atomic E-state index is 12.9. The second kappa shape index (κ2) is 7.06. The quantitative estimate of drug-likeness (QED) is 0.818. The maximum absolute atomic E-state index is 12.9. The van der Waals surface area contributed by atoms with Gasteiger partial charge in [0.1, 0.15) is 17.1 Å². The molecule has 24 heavy (non-hydrogen) atoms. The minimum atomic E-state index is -4.64. The van der Waals surface area contributed by atoms with Crippen molar-refractivity contribution >= 4 is 17.7 Å². The third-order valence-electron chi connectivity index (χ3n) is 4.01. The van der Waals surface area contributed by atoms with E-state index in [1.165, 1.54) is 7.05 Å². The number of alkyl halides is 3. The van der Waals surface area contributed by atoms with Gasteiger partial charge in [0.15, 0.2) is 0 Å². The molecule has 1 saturated carbocycles. The summed E-state index contributed by atoms with van der Waals surface area (Å²) in [7, 11) is 2.63. The van der Waals surface area contributed by atoms with Gasteiger partial charge in [-0.3, -0.25) is 4.79 Å². The Bertz CT molecular complexity index is 634. The summed E-state index contributed by atoms with van der Waals surface area (Å²) in [5, 5.41) is 5.37. The summed E-state index contributed by atoms with van der Waals surface area (Å²) in [5.41, 5.74) is -1.22. The second-order valence-corrected chi connectivity index (χ2v) is 5.48. The highest BCUT2D eigenvalue weighted by molar-refractivity contribution is 5.94. The van der Waals surface area contributed by atoms with E-state index in [9.17, 15) is 22.8 Å². The van der Waals surface area contributed by atoms with Crippen LogP contribution >= 0.6 is 0 Å². The van der Waals surface area contributed by atoms with Crippen LogP contribution in [0.5, 0.6) is 0 Å². The van der Waals surface area contributed by atoms with Crippen LogP contribution in [0.4, 0.5) is 19.0 Å². The van der Waals surface area contributed by atoms with Gasteiger partial charge < -0.3 is 15.4 Å². The molecule has 2 atom stereocenters. The van der Waals surface area contributed by atoms with E-state index < -0.39 is 29.8 Å². The number of carbonyl (C=O) groups is 2. The lowest BCUT2D eigenvalue weighted by Gasteiger charge is -2.22. The molecule has 0 radical (unpaired) electrons. The number of amides is 1. The van der Waals surface area contributed by atoms with Crippen LogP contribution in [0, 0.1) is 5.92 Å². The molecular formula is C15H18F3N3O3. The van der Waals surface area contributed by atoms with Crippen molar-refractivity contribution in [1.29, 1.82) is 0 Å². The molecule has 0 aromatic carbocycles. The van der Waals surface area contributed by atoms with Gasteiger partial charge >= 0.3 is 12.1 Å². The Kier molecular flexibility index (Phi) is 5.30. The molecule has 0 unspecified atom stereocenters. The Morgan fingerprint density at radius 3 is 2.58 bits per heavy atom. The number of carbonyl (C=O) groups excluding carboxylic acids is 2. The lowest BCUT2D eigenvalue weighted by atomic mass is 10.0. The lowest BCUT2D eigenvalue weighted by Crippen LogP contribution is -2.37. The van der Waals surface area contributed by atoms with Crippen molar-refractivity contribution in [3.05, 3.63) is 23.4 Å². The first kappa shape index (κ1) is 18.0. The van der Waals surface area contributed by atoms with Crippen molar-refractivity contribution in [2.45, 2.75) is 31.5 Å². The van der Waals surface area contributed by atoms with E-state index in [1.807, 2.05) is 0 Å². The topological polar surface area (TPSA) is 80.3 Å². The van der Waals surface area contributed by atoms with Crippen LogP contribution in [0.1, 0.15) is 35.3 Å². The molecule has 2 N–H and O–H groups in total. The summed E-state index contributed by atoms with van der Waals surface area (Å²) in [6.07, 6.45) is -2.68. The number of hydrogen-bond acceptors (Lipinski definition) is 5.